The monoisotopic (exact) mass is 317 g/mol. The number of likely N-dealkylation sites (N-methyl/N-ethyl adjacent to an activating group) is 1. The van der Waals surface area contributed by atoms with Crippen LogP contribution in [0.4, 0.5) is 4.39 Å². The van der Waals surface area contributed by atoms with Crippen molar-refractivity contribution in [2.45, 2.75) is 38.3 Å². The smallest absolute Gasteiger partial charge is 0.127 e. The predicted octanol–water partition coefficient (Wildman–Crippen LogP) is 3.22. The Balaban J connectivity index is 2.89. The van der Waals surface area contributed by atoms with Crippen molar-refractivity contribution in [3.63, 3.8) is 0 Å². The second-order valence-electron chi connectivity index (χ2n) is 5.06. The van der Waals surface area contributed by atoms with Gasteiger partial charge in [0.1, 0.15) is 5.82 Å². The Morgan fingerprint density at radius 2 is 2.06 bits per heavy atom. The first kappa shape index (κ1) is 15.6. The summed E-state index contributed by atoms with van der Waals surface area (Å²) in [6, 6.07) is 4.94. The highest BCUT2D eigenvalue weighted by atomic mass is 79.9. The van der Waals surface area contributed by atoms with E-state index in [1.807, 2.05) is 32.8 Å². The molecule has 0 radical (unpaired) electrons. The van der Waals surface area contributed by atoms with Gasteiger partial charge < -0.3 is 10.0 Å². The van der Waals surface area contributed by atoms with E-state index >= 15 is 0 Å². The largest absolute Gasteiger partial charge is 0.391 e. The fourth-order valence-corrected chi connectivity index (χ4v) is 2.30. The Bertz CT molecular complexity index is 411. The zero-order valence-electron chi connectivity index (χ0n) is 11.4. The molecule has 4 heteroatoms. The van der Waals surface area contributed by atoms with Gasteiger partial charge >= 0.3 is 0 Å². The van der Waals surface area contributed by atoms with Crippen molar-refractivity contribution < 1.29 is 9.50 Å². The molecule has 0 aliphatic rings. The van der Waals surface area contributed by atoms with Crippen LogP contribution >= 0.6 is 15.9 Å². The minimum Gasteiger partial charge on any atom is -0.391 e. The maximum absolute atomic E-state index is 13.7. The average molecular weight is 318 g/mol. The molecule has 0 heterocycles. The van der Waals surface area contributed by atoms with Crippen molar-refractivity contribution in [1.29, 1.82) is 0 Å². The molecule has 0 bridgehead atoms. The molecule has 102 valence electrons. The Morgan fingerprint density at radius 1 is 1.44 bits per heavy atom. The maximum Gasteiger partial charge on any atom is 0.127 e. The first-order valence-corrected chi connectivity index (χ1v) is 6.90. The molecule has 0 aliphatic heterocycles. The number of hydrogen-bond acceptors (Lipinski definition) is 2. The fourth-order valence-electron chi connectivity index (χ4n) is 1.97. The van der Waals surface area contributed by atoms with Crippen LogP contribution in [0.25, 0.3) is 0 Å². The summed E-state index contributed by atoms with van der Waals surface area (Å²) in [6.45, 7) is 4.02. The molecule has 18 heavy (non-hydrogen) atoms. The van der Waals surface area contributed by atoms with Gasteiger partial charge in [0, 0.05) is 16.4 Å². The quantitative estimate of drug-likeness (QED) is 0.901. The van der Waals surface area contributed by atoms with E-state index in [0.717, 1.165) is 6.42 Å². The third-order valence-corrected chi connectivity index (χ3v) is 4.38. The first-order valence-electron chi connectivity index (χ1n) is 6.10. The highest BCUT2D eigenvalue weighted by molar-refractivity contribution is 9.10. The van der Waals surface area contributed by atoms with E-state index in [2.05, 4.69) is 15.9 Å². The zero-order chi connectivity index (χ0) is 13.9. The van der Waals surface area contributed by atoms with Crippen LogP contribution < -0.4 is 0 Å². The van der Waals surface area contributed by atoms with E-state index in [9.17, 15) is 9.50 Å². The average Bonchev–Trinajstić information content (AvgIpc) is 2.31. The summed E-state index contributed by atoms with van der Waals surface area (Å²) in [4.78, 5) is 1.99. The minimum absolute atomic E-state index is 0.277. The van der Waals surface area contributed by atoms with Crippen LogP contribution in [0, 0.1) is 5.82 Å². The van der Waals surface area contributed by atoms with Gasteiger partial charge in [0.05, 0.1) is 6.10 Å². The van der Waals surface area contributed by atoms with Crippen molar-refractivity contribution in [2.75, 3.05) is 14.1 Å². The zero-order valence-corrected chi connectivity index (χ0v) is 13.0. The van der Waals surface area contributed by atoms with Gasteiger partial charge in [-0.05, 0) is 45.1 Å². The highest BCUT2D eigenvalue weighted by Gasteiger charge is 2.33. The lowest BCUT2D eigenvalue weighted by Gasteiger charge is -2.40. The lowest BCUT2D eigenvalue weighted by Crippen LogP contribution is -2.51. The summed E-state index contributed by atoms with van der Waals surface area (Å²) in [5.41, 5.74) is 0.201. The van der Waals surface area contributed by atoms with Crippen LogP contribution in [0.15, 0.2) is 22.7 Å². The highest BCUT2D eigenvalue weighted by Crippen LogP contribution is 2.25. The summed E-state index contributed by atoms with van der Waals surface area (Å²) in [7, 11) is 3.87. The van der Waals surface area contributed by atoms with Crippen LogP contribution in [-0.2, 0) is 6.42 Å². The molecule has 0 saturated carbocycles. The van der Waals surface area contributed by atoms with Crippen molar-refractivity contribution in [2.24, 2.45) is 0 Å². The van der Waals surface area contributed by atoms with Gasteiger partial charge in [0.25, 0.3) is 0 Å². The lowest BCUT2D eigenvalue weighted by molar-refractivity contribution is 0.00257. The molecule has 0 fully saturated rings. The van der Waals surface area contributed by atoms with Gasteiger partial charge in [0.15, 0.2) is 0 Å². The van der Waals surface area contributed by atoms with Crippen LogP contribution in [0.5, 0.6) is 0 Å². The number of benzene rings is 1. The number of aliphatic hydroxyl groups excluding tert-OH is 1. The Morgan fingerprint density at radius 3 is 2.50 bits per heavy atom. The third kappa shape index (κ3) is 3.31. The summed E-state index contributed by atoms with van der Waals surface area (Å²) in [5, 5.41) is 10.4. The molecular weight excluding hydrogens is 297 g/mol. The summed E-state index contributed by atoms with van der Waals surface area (Å²) in [5.74, 6) is -0.277. The normalized spacial score (nSPS) is 16.7. The summed E-state index contributed by atoms with van der Waals surface area (Å²) in [6.07, 6.45) is 0.522. The molecule has 0 aromatic heterocycles. The van der Waals surface area contributed by atoms with E-state index in [1.165, 1.54) is 6.07 Å². The van der Waals surface area contributed by atoms with Crippen molar-refractivity contribution >= 4 is 15.9 Å². The van der Waals surface area contributed by atoms with E-state index in [1.54, 1.807) is 12.1 Å². The standard InChI is InChI=1S/C14H21BrFNO/c1-5-14(2,17(3)4)13(18)8-10-6-7-11(15)9-12(10)16/h6-7,9,13,18H,5,8H2,1-4H3. The number of nitrogens with zero attached hydrogens (tertiary/aromatic N) is 1. The van der Waals surface area contributed by atoms with E-state index in [-0.39, 0.29) is 11.4 Å². The Kier molecular flexibility index (Phi) is 5.32. The van der Waals surface area contributed by atoms with Crippen molar-refractivity contribution in [3.8, 4) is 0 Å². The fraction of sp³-hybridized carbons (Fsp3) is 0.571. The van der Waals surface area contributed by atoms with Gasteiger partial charge in [0.2, 0.25) is 0 Å². The minimum atomic E-state index is -0.604. The lowest BCUT2D eigenvalue weighted by atomic mass is 9.86. The van der Waals surface area contributed by atoms with Gasteiger partial charge in [-0.25, -0.2) is 4.39 Å². The van der Waals surface area contributed by atoms with Crippen LogP contribution in [0.3, 0.4) is 0 Å². The Hall–Kier alpha value is -0.450. The third-order valence-electron chi connectivity index (χ3n) is 3.88. The van der Waals surface area contributed by atoms with Gasteiger partial charge in [-0.1, -0.05) is 28.9 Å². The molecule has 1 aromatic rings. The maximum atomic E-state index is 13.7. The number of halogens is 2. The number of hydrogen-bond donors (Lipinski definition) is 1. The van der Waals surface area contributed by atoms with Crippen molar-refractivity contribution in [3.05, 3.63) is 34.1 Å². The molecule has 2 atom stereocenters. The predicted molar refractivity (Wildman–Crippen MR) is 76.2 cm³/mol. The molecule has 0 amide bonds. The van der Waals surface area contributed by atoms with Gasteiger partial charge in [-0.2, -0.15) is 0 Å². The molecule has 0 saturated heterocycles. The van der Waals surface area contributed by atoms with Crippen LogP contribution in [0.2, 0.25) is 0 Å². The molecule has 1 aromatic carbocycles. The number of rotatable bonds is 5. The molecule has 2 nitrogen and oxygen atoms in total. The van der Waals surface area contributed by atoms with Crippen molar-refractivity contribution in [1.82, 2.24) is 4.90 Å². The Labute approximate surface area is 117 Å². The second kappa shape index (κ2) is 6.13. The van der Waals surface area contributed by atoms with E-state index < -0.39 is 6.10 Å². The molecule has 2 unspecified atom stereocenters. The molecule has 0 spiro atoms. The topological polar surface area (TPSA) is 23.5 Å². The molecule has 0 aliphatic carbocycles. The summed E-state index contributed by atoms with van der Waals surface area (Å²) >= 11 is 3.23. The van der Waals surface area contributed by atoms with Crippen LogP contribution in [0.1, 0.15) is 25.8 Å². The SMILES string of the molecule is CCC(C)(C(O)Cc1ccc(Br)cc1F)N(C)C. The number of aliphatic hydroxyl groups is 1. The summed E-state index contributed by atoms with van der Waals surface area (Å²) < 4.78 is 14.5. The van der Waals surface area contributed by atoms with Gasteiger partial charge in [-0.3, -0.25) is 0 Å². The van der Waals surface area contributed by atoms with E-state index in [0.29, 0.717) is 16.5 Å². The van der Waals surface area contributed by atoms with E-state index in [4.69, 9.17) is 0 Å². The molecule has 1 N–H and O–H groups in total. The van der Waals surface area contributed by atoms with Crippen LogP contribution in [-0.4, -0.2) is 35.7 Å². The van der Waals surface area contributed by atoms with Gasteiger partial charge in [-0.15, -0.1) is 0 Å². The first-order chi connectivity index (χ1) is 8.31. The molecular formula is C14H21BrFNO. The second-order valence-corrected chi connectivity index (χ2v) is 5.98. The molecule has 1 rings (SSSR count).